The van der Waals surface area contributed by atoms with Gasteiger partial charge in [-0.1, -0.05) is 19.9 Å². The van der Waals surface area contributed by atoms with E-state index >= 15 is 0 Å². The summed E-state index contributed by atoms with van der Waals surface area (Å²) in [6.45, 7) is 11.1. The highest BCUT2D eigenvalue weighted by atomic mass is 16.5. The molecule has 1 atom stereocenters. The molecule has 15 heteroatoms. The van der Waals surface area contributed by atoms with Gasteiger partial charge in [0.1, 0.15) is 30.1 Å². The van der Waals surface area contributed by atoms with Crippen molar-refractivity contribution < 1.29 is 33.9 Å². The number of aldehydes is 1. The third-order valence-corrected chi connectivity index (χ3v) is 6.87. The van der Waals surface area contributed by atoms with Crippen molar-refractivity contribution in [1.82, 2.24) is 35.2 Å². The molecule has 3 aromatic heterocycles. The number of ether oxygens (including phenoxy) is 1. The first-order valence-electron chi connectivity index (χ1n) is 14.7. The van der Waals surface area contributed by atoms with Gasteiger partial charge in [-0.05, 0) is 56.3 Å². The monoisotopic (exact) mass is 643 g/mol. The Kier molecular flexibility index (Phi) is 13.7. The van der Waals surface area contributed by atoms with Crippen molar-refractivity contribution in [3.05, 3.63) is 100 Å². The van der Waals surface area contributed by atoms with Gasteiger partial charge in [-0.25, -0.2) is 34.7 Å². The second kappa shape index (κ2) is 17.6. The normalized spacial score (nSPS) is 12.1. The summed E-state index contributed by atoms with van der Waals surface area (Å²) >= 11 is 0. The number of aliphatic hydroxyl groups is 1. The number of aliphatic hydroxyl groups excluding tert-OH is 1. The molecule has 0 unspecified atom stereocenters. The molecule has 0 fully saturated rings. The molecule has 0 aliphatic carbocycles. The van der Waals surface area contributed by atoms with E-state index in [1.165, 1.54) is 12.4 Å². The van der Waals surface area contributed by atoms with Gasteiger partial charge in [0, 0.05) is 53.9 Å². The van der Waals surface area contributed by atoms with E-state index in [-0.39, 0.29) is 19.1 Å². The fourth-order valence-electron chi connectivity index (χ4n) is 4.17. The first kappa shape index (κ1) is 36.5. The lowest BCUT2D eigenvalue weighted by molar-refractivity contribution is -0.148. The second-order valence-corrected chi connectivity index (χ2v) is 10.9. The Hall–Kier alpha value is -4.99. The molecular formula is C32H38BN7O7. The summed E-state index contributed by atoms with van der Waals surface area (Å²) in [4.78, 5) is 59.0. The van der Waals surface area contributed by atoms with Crippen LogP contribution in [0.25, 0.3) is 0 Å². The van der Waals surface area contributed by atoms with Crippen molar-refractivity contribution in [2.24, 2.45) is 5.92 Å². The van der Waals surface area contributed by atoms with Gasteiger partial charge in [0.2, 0.25) is 0 Å². The molecule has 246 valence electrons. The number of carbonyl (C=O) groups excluding carboxylic acids is 3. The van der Waals surface area contributed by atoms with Crippen molar-refractivity contribution in [2.75, 3.05) is 0 Å². The number of rotatable bonds is 8. The Morgan fingerprint density at radius 1 is 0.915 bits per heavy atom. The van der Waals surface area contributed by atoms with E-state index in [2.05, 4.69) is 35.2 Å². The Morgan fingerprint density at radius 3 is 1.96 bits per heavy atom. The van der Waals surface area contributed by atoms with Crippen LogP contribution in [0.15, 0.2) is 49.3 Å². The number of amides is 1. The Bertz CT molecular complexity index is 1640. The molecule has 4 aromatic rings. The maximum absolute atomic E-state index is 12.8. The Labute approximate surface area is 273 Å². The van der Waals surface area contributed by atoms with Crippen LogP contribution in [0, 0.1) is 33.6 Å². The molecule has 1 aliphatic rings. The number of nitrogens with zero attached hydrogens (tertiary/aromatic N) is 6. The molecule has 3 N–H and O–H groups in total. The van der Waals surface area contributed by atoms with E-state index in [1.54, 1.807) is 64.6 Å². The zero-order chi connectivity index (χ0) is 34.5. The molecular weight excluding hydrogens is 605 g/mol. The van der Waals surface area contributed by atoms with Gasteiger partial charge < -0.3 is 24.8 Å². The summed E-state index contributed by atoms with van der Waals surface area (Å²) in [5.41, 5.74) is 4.42. The predicted octanol–water partition coefficient (Wildman–Crippen LogP) is 1.68. The molecule has 1 amide bonds. The van der Waals surface area contributed by atoms with E-state index in [9.17, 15) is 19.4 Å². The number of aryl methyl sites for hydroxylation is 3. The third-order valence-electron chi connectivity index (χ3n) is 6.87. The molecule has 0 spiro atoms. The SMILES string of the molecule is Cc1ncc(C=O)cn1.Cc1ncc(CO)cn1.Cc1ncc(COC(=O)[C@@H](NC(=O)c2ccc3c(c2C)B(O)OC3)C(C)C)cn1. The summed E-state index contributed by atoms with van der Waals surface area (Å²) in [5.74, 6) is 0.930. The average molecular weight is 644 g/mol. The second-order valence-electron chi connectivity index (χ2n) is 10.9. The molecule has 1 aliphatic heterocycles. The minimum absolute atomic E-state index is 0.0142. The van der Waals surface area contributed by atoms with Crippen molar-refractivity contribution in [2.45, 2.75) is 67.4 Å². The number of hydrogen-bond donors (Lipinski definition) is 3. The topological polar surface area (TPSA) is 200 Å². The van der Waals surface area contributed by atoms with Gasteiger partial charge in [-0.3, -0.25) is 9.59 Å². The zero-order valence-corrected chi connectivity index (χ0v) is 27.2. The highest BCUT2D eigenvalue weighted by Gasteiger charge is 2.32. The summed E-state index contributed by atoms with van der Waals surface area (Å²) in [5, 5.41) is 21.3. The molecule has 5 rings (SSSR count). The van der Waals surface area contributed by atoms with E-state index in [4.69, 9.17) is 14.5 Å². The minimum atomic E-state index is -1.04. The van der Waals surface area contributed by atoms with Crippen LogP contribution in [0.4, 0.5) is 0 Å². The number of esters is 1. The van der Waals surface area contributed by atoms with Gasteiger partial charge in [-0.15, -0.1) is 0 Å². The first-order chi connectivity index (χ1) is 22.4. The van der Waals surface area contributed by atoms with Crippen molar-refractivity contribution in [3.63, 3.8) is 0 Å². The highest BCUT2D eigenvalue weighted by molar-refractivity contribution is 6.62. The van der Waals surface area contributed by atoms with E-state index in [0.717, 1.165) is 23.2 Å². The number of nitrogens with one attached hydrogen (secondary N) is 1. The van der Waals surface area contributed by atoms with E-state index in [0.29, 0.717) is 46.0 Å². The number of aromatic nitrogens is 6. The minimum Gasteiger partial charge on any atom is -0.459 e. The predicted molar refractivity (Wildman–Crippen MR) is 171 cm³/mol. The molecule has 4 heterocycles. The molecule has 0 saturated carbocycles. The molecule has 14 nitrogen and oxygen atoms in total. The fraction of sp³-hybridized carbons (Fsp3) is 0.344. The number of hydrogen-bond acceptors (Lipinski definition) is 13. The van der Waals surface area contributed by atoms with Crippen molar-refractivity contribution in [3.8, 4) is 0 Å². The van der Waals surface area contributed by atoms with Gasteiger partial charge >= 0.3 is 13.1 Å². The fourth-order valence-corrected chi connectivity index (χ4v) is 4.17. The van der Waals surface area contributed by atoms with Crippen LogP contribution in [-0.4, -0.2) is 71.4 Å². The average Bonchev–Trinajstić information content (AvgIpc) is 3.45. The largest absolute Gasteiger partial charge is 0.492 e. The Balaban J connectivity index is 0.000000269. The summed E-state index contributed by atoms with van der Waals surface area (Å²) in [6, 6.07) is 2.62. The summed E-state index contributed by atoms with van der Waals surface area (Å²) < 4.78 is 10.6. The first-order valence-corrected chi connectivity index (χ1v) is 14.7. The standard InChI is InChI=1S/C20H24BN3O5.C6H8N2O.C6H6N2O/c1-11(2)18(20(26)28-9-14-7-22-13(4)23-8-14)24-19(25)16-6-5-15-10-29-21(27)17(15)12(16)3;2*1-5-7-2-6(4-9)3-8-5/h5-8,11,18,27H,9-10H2,1-4H3,(H,24,25);2-3,9H,4H2,1H3;2-4H,1H3/t18-;;/m0../s1. The van der Waals surface area contributed by atoms with Crippen molar-refractivity contribution >= 4 is 30.7 Å². The van der Waals surface area contributed by atoms with Crippen LogP contribution >= 0.6 is 0 Å². The highest BCUT2D eigenvalue weighted by Crippen LogP contribution is 2.17. The smallest absolute Gasteiger partial charge is 0.459 e. The summed E-state index contributed by atoms with van der Waals surface area (Å²) in [6.07, 6.45) is 10.1. The van der Waals surface area contributed by atoms with Crippen LogP contribution in [0.3, 0.4) is 0 Å². The van der Waals surface area contributed by atoms with E-state index < -0.39 is 25.0 Å². The van der Waals surface area contributed by atoms with Gasteiger partial charge in [0.05, 0.1) is 18.8 Å². The molecule has 1 aromatic carbocycles. The lowest BCUT2D eigenvalue weighted by atomic mass is 9.75. The van der Waals surface area contributed by atoms with Crippen LogP contribution in [0.2, 0.25) is 0 Å². The maximum Gasteiger partial charge on any atom is 0.492 e. The van der Waals surface area contributed by atoms with Crippen LogP contribution in [0.5, 0.6) is 0 Å². The maximum atomic E-state index is 12.8. The van der Waals surface area contributed by atoms with Gasteiger partial charge in [0.25, 0.3) is 5.91 Å². The lowest BCUT2D eigenvalue weighted by Crippen LogP contribution is -2.46. The quantitative estimate of drug-likeness (QED) is 0.142. The van der Waals surface area contributed by atoms with Crippen molar-refractivity contribution in [1.29, 1.82) is 0 Å². The lowest BCUT2D eigenvalue weighted by Gasteiger charge is -2.21. The van der Waals surface area contributed by atoms with Gasteiger partial charge in [0.15, 0.2) is 6.29 Å². The molecule has 47 heavy (non-hydrogen) atoms. The zero-order valence-electron chi connectivity index (χ0n) is 27.2. The molecule has 0 bridgehead atoms. The summed E-state index contributed by atoms with van der Waals surface area (Å²) in [7, 11) is -1.04. The van der Waals surface area contributed by atoms with Gasteiger partial charge in [-0.2, -0.15) is 0 Å². The van der Waals surface area contributed by atoms with Crippen LogP contribution in [0.1, 0.15) is 74.3 Å². The molecule has 0 radical (unpaired) electrons. The van der Waals surface area contributed by atoms with E-state index in [1.807, 2.05) is 13.8 Å². The number of carbonyl (C=O) groups is 3. The van der Waals surface area contributed by atoms with Crippen LogP contribution in [-0.2, 0) is 34.0 Å². The van der Waals surface area contributed by atoms with Crippen LogP contribution < -0.4 is 10.8 Å². The third kappa shape index (κ3) is 10.8. The number of benzene rings is 1. The Morgan fingerprint density at radius 2 is 1.45 bits per heavy atom. The number of fused-ring (bicyclic) bond motifs is 1. The molecule has 0 saturated heterocycles.